The lowest BCUT2D eigenvalue weighted by Crippen LogP contribution is -2.51. The monoisotopic (exact) mass is 394 g/mol. The summed E-state index contributed by atoms with van der Waals surface area (Å²) in [4.78, 5) is 35.4. The minimum atomic E-state index is -0.584. The fraction of sp³-hybridized carbons (Fsp3) is 0.857. The smallest absolute Gasteiger partial charge is 0.407 e. The highest BCUT2D eigenvalue weighted by Gasteiger charge is 2.50. The second-order valence-corrected chi connectivity index (χ2v) is 10.0. The van der Waals surface area contributed by atoms with Gasteiger partial charge < -0.3 is 20.1 Å². The SMILES string of the molecule is CC(C)(C)OC(=O)NCCC(=O)OCC(=O)NCC12CC3CC(CC(C3)C1)C2. The Balaban J connectivity index is 1.29. The molecule has 0 radical (unpaired) electrons. The van der Waals surface area contributed by atoms with Gasteiger partial charge in [-0.1, -0.05) is 0 Å². The van der Waals surface area contributed by atoms with Crippen LogP contribution in [-0.2, 0) is 19.1 Å². The molecule has 4 rings (SSSR count). The molecule has 2 N–H and O–H groups in total. The predicted molar refractivity (Wildman–Crippen MR) is 103 cm³/mol. The zero-order valence-corrected chi connectivity index (χ0v) is 17.3. The van der Waals surface area contributed by atoms with Crippen molar-refractivity contribution >= 4 is 18.0 Å². The summed E-state index contributed by atoms with van der Waals surface area (Å²) >= 11 is 0. The molecule has 0 unspecified atom stereocenters. The number of carbonyl (C=O) groups excluding carboxylic acids is 3. The van der Waals surface area contributed by atoms with E-state index in [0.29, 0.717) is 6.54 Å². The summed E-state index contributed by atoms with van der Waals surface area (Å²) in [5, 5.41) is 5.48. The van der Waals surface area contributed by atoms with Crippen LogP contribution in [0, 0.1) is 23.2 Å². The van der Waals surface area contributed by atoms with Crippen molar-refractivity contribution in [3.05, 3.63) is 0 Å². The van der Waals surface area contributed by atoms with Gasteiger partial charge in [-0.2, -0.15) is 0 Å². The number of ether oxygens (including phenoxy) is 2. The molecule has 4 aliphatic rings. The molecule has 28 heavy (non-hydrogen) atoms. The first-order chi connectivity index (χ1) is 13.1. The van der Waals surface area contributed by atoms with Crippen molar-refractivity contribution in [1.29, 1.82) is 0 Å². The van der Waals surface area contributed by atoms with Crippen LogP contribution in [0.1, 0.15) is 65.7 Å². The lowest BCUT2D eigenvalue weighted by Gasteiger charge is -2.56. The van der Waals surface area contributed by atoms with Crippen molar-refractivity contribution in [2.75, 3.05) is 19.7 Å². The third-order valence-electron chi connectivity index (χ3n) is 6.19. The average Bonchev–Trinajstić information content (AvgIpc) is 2.55. The van der Waals surface area contributed by atoms with E-state index in [1.165, 1.54) is 38.5 Å². The van der Waals surface area contributed by atoms with Crippen LogP contribution >= 0.6 is 0 Å². The predicted octanol–water partition coefficient (Wildman–Crippen LogP) is 2.78. The number of amides is 2. The molecule has 4 fully saturated rings. The quantitative estimate of drug-likeness (QED) is 0.648. The Kier molecular flexibility index (Phi) is 6.20. The van der Waals surface area contributed by atoms with Crippen LogP contribution in [0.25, 0.3) is 0 Å². The molecule has 4 bridgehead atoms. The Morgan fingerprint density at radius 2 is 1.54 bits per heavy atom. The summed E-state index contributed by atoms with van der Waals surface area (Å²) in [7, 11) is 0. The molecule has 0 aromatic rings. The van der Waals surface area contributed by atoms with Crippen LogP contribution < -0.4 is 10.6 Å². The summed E-state index contributed by atoms with van der Waals surface area (Å²) in [6.45, 7) is 5.85. The molecule has 7 nitrogen and oxygen atoms in total. The Morgan fingerprint density at radius 1 is 0.964 bits per heavy atom. The number of nitrogens with one attached hydrogen (secondary N) is 2. The van der Waals surface area contributed by atoms with Crippen molar-refractivity contribution in [3.63, 3.8) is 0 Å². The van der Waals surface area contributed by atoms with Crippen LogP contribution in [0.15, 0.2) is 0 Å². The van der Waals surface area contributed by atoms with Gasteiger partial charge in [0.05, 0.1) is 6.42 Å². The Morgan fingerprint density at radius 3 is 2.07 bits per heavy atom. The molecular formula is C21H34N2O5. The maximum atomic E-state index is 12.1. The molecule has 2 amide bonds. The second kappa shape index (κ2) is 8.29. The van der Waals surface area contributed by atoms with E-state index < -0.39 is 17.7 Å². The van der Waals surface area contributed by atoms with E-state index in [1.54, 1.807) is 20.8 Å². The Hall–Kier alpha value is -1.79. The van der Waals surface area contributed by atoms with Crippen molar-refractivity contribution in [3.8, 4) is 0 Å². The summed E-state index contributed by atoms with van der Waals surface area (Å²) in [5.74, 6) is 1.78. The van der Waals surface area contributed by atoms with E-state index >= 15 is 0 Å². The zero-order valence-electron chi connectivity index (χ0n) is 17.3. The number of carbonyl (C=O) groups is 3. The van der Waals surface area contributed by atoms with Gasteiger partial charge in [-0.25, -0.2) is 4.79 Å². The van der Waals surface area contributed by atoms with Crippen molar-refractivity contribution in [1.82, 2.24) is 10.6 Å². The summed E-state index contributed by atoms with van der Waals surface area (Å²) in [6.07, 6.45) is 7.25. The normalized spacial score (nSPS) is 30.6. The minimum Gasteiger partial charge on any atom is -0.456 e. The maximum absolute atomic E-state index is 12.1. The fourth-order valence-electron chi connectivity index (χ4n) is 5.64. The standard InChI is InChI=1S/C21H34N2O5/c1-20(2,3)28-19(26)22-5-4-18(25)27-12-17(24)23-13-21-9-14-6-15(10-21)8-16(7-14)11-21/h14-16H,4-13H2,1-3H3,(H,22,26)(H,23,24). The van der Waals surface area contributed by atoms with Gasteiger partial charge in [0.25, 0.3) is 5.91 Å². The molecule has 0 spiro atoms. The van der Waals surface area contributed by atoms with E-state index in [4.69, 9.17) is 9.47 Å². The van der Waals surface area contributed by atoms with Gasteiger partial charge in [-0.3, -0.25) is 9.59 Å². The van der Waals surface area contributed by atoms with Gasteiger partial charge in [-0.05, 0) is 82.5 Å². The Bertz CT molecular complexity index is 575. The van der Waals surface area contributed by atoms with Gasteiger partial charge in [0, 0.05) is 13.1 Å². The first-order valence-electron chi connectivity index (χ1n) is 10.5. The maximum Gasteiger partial charge on any atom is 0.407 e. The molecule has 4 aliphatic carbocycles. The molecule has 0 heterocycles. The van der Waals surface area contributed by atoms with Gasteiger partial charge in [0.1, 0.15) is 5.60 Å². The molecule has 0 aromatic carbocycles. The molecule has 0 saturated heterocycles. The van der Waals surface area contributed by atoms with Crippen LogP contribution in [-0.4, -0.2) is 43.3 Å². The molecule has 0 aromatic heterocycles. The van der Waals surface area contributed by atoms with Crippen LogP contribution in [0.5, 0.6) is 0 Å². The Labute approximate surface area is 167 Å². The topological polar surface area (TPSA) is 93.7 Å². The third kappa shape index (κ3) is 5.85. The first kappa shape index (κ1) is 20.9. The number of hydrogen-bond acceptors (Lipinski definition) is 5. The average molecular weight is 395 g/mol. The fourth-order valence-corrected chi connectivity index (χ4v) is 5.64. The van der Waals surface area contributed by atoms with Gasteiger partial charge in [0.2, 0.25) is 0 Å². The van der Waals surface area contributed by atoms with E-state index in [-0.39, 0.29) is 30.9 Å². The van der Waals surface area contributed by atoms with Crippen molar-refractivity contribution in [2.24, 2.45) is 23.2 Å². The molecule has 0 aliphatic heterocycles. The van der Waals surface area contributed by atoms with Gasteiger partial charge >= 0.3 is 12.1 Å². The molecule has 7 heteroatoms. The molecule has 158 valence electrons. The number of hydrogen-bond donors (Lipinski definition) is 2. The van der Waals surface area contributed by atoms with Gasteiger partial charge in [0.15, 0.2) is 6.61 Å². The van der Waals surface area contributed by atoms with E-state index in [2.05, 4.69) is 10.6 Å². The first-order valence-corrected chi connectivity index (χ1v) is 10.5. The van der Waals surface area contributed by atoms with Crippen LogP contribution in [0.3, 0.4) is 0 Å². The highest BCUT2D eigenvalue weighted by Crippen LogP contribution is 2.59. The molecule has 4 saturated carbocycles. The number of esters is 1. The largest absolute Gasteiger partial charge is 0.456 e. The van der Waals surface area contributed by atoms with Gasteiger partial charge in [-0.15, -0.1) is 0 Å². The summed E-state index contributed by atoms with van der Waals surface area (Å²) < 4.78 is 10.1. The highest BCUT2D eigenvalue weighted by atomic mass is 16.6. The van der Waals surface area contributed by atoms with E-state index in [1.807, 2.05) is 0 Å². The summed E-state index contributed by atoms with van der Waals surface area (Å²) in [5.41, 5.74) is -0.314. The molecule has 0 atom stereocenters. The van der Waals surface area contributed by atoms with Crippen LogP contribution in [0.2, 0.25) is 0 Å². The second-order valence-electron chi connectivity index (χ2n) is 10.0. The number of alkyl carbamates (subject to hydrolysis) is 1. The minimum absolute atomic E-state index is 0.00149. The molecular weight excluding hydrogens is 360 g/mol. The van der Waals surface area contributed by atoms with E-state index in [9.17, 15) is 14.4 Å². The van der Waals surface area contributed by atoms with Crippen LogP contribution in [0.4, 0.5) is 4.79 Å². The lowest BCUT2D eigenvalue weighted by molar-refractivity contribution is -0.148. The van der Waals surface area contributed by atoms with Crippen molar-refractivity contribution < 1.29 is 23.9 Å². The lowest BCUT2D eigenvalue weighted by atomic mass is 9.49. The highest BCUT2D eigenvalue weighted by molar-refractivity contribution is 5.80. The third-order valence-corrected chi connectivity index (χ3v) is 6.19. The van der Waals surface area contributed by atoms with E-state index in [0.717, 1.165) is 17.8 Å². The summed E-state index contributed by atoms with van der Waals surface area (Å²) in [6, 6.07) is 0. The van der Waals surface area contributed by atoms with Crippen molar-refractivity contribution in [2.45, 2.75) is 71.3 Å². The zero-order chi connectivity index (χ0) is 20.4. The number of rotatable bonds is 7.